The molecule has 0 heterocycles. The van der Waals surface area contributed by atoms with E-state index in [0.717, 1.165) is 0 Å². The maximum Gasteiger partial charge on any atom is 0.668 e. The molecule has 0 unspecified atom stereocenters. The normalized spacial score (nSPS) is 8.57. The molecule has 7 heavy (non-hydrogen) atoms. The molecule has 40 valence electrons. The Bertz CT molecular complexity index is 27.2. The molecule has 0 bridgehead atoms. The fourth-order valence-corrected chi connectivity index (χ4v) is 0. The van der Waals surface area contributed by atoms with Gasteiger partial charge in [-0.3, -0.25) is 0 Å². The van der Waals surface area contributed by atoms with E-state index in [1.165, 1.54) is 0 Å². The molecule has 0 aromatic carbocycles. The van der Waals surface area contributed by atoms with Gasteiger partial charge in [0.15, 0.2) is 0 Å². The molecule has 0 aliphatic carbocycles. The van der Waals surface area contributed by atoms with Crippen LogP contribution in [0.2, 0.25) is 0 Å². The summed E-state index contributed by atoms with van der Waals surface area (Å²) in [7, 11) is -4.61. The average molecular weight is 170 g/mol. The third-order valence-corrected chi connectivity index (χ3v) is 0. The Morgan fingerprint density at radius 3 is 0.857 bits per heavy atom. The van der Waals surface area contributed by atoms with Crippen LogP contribution in [0.25, 0.3) is 0 Å². The fraction of sp³-hybridized carbons (Fsp3) is 0. The molecule has 0 rings (SSSR count). The first-order chi connectivity index (χ1) is 2.00. The molecule has 4 nitrogen and oxygen atoms in total. The molecule has 0 aromatic rings. The quantitative estimate of drug-likeness (QED) is 0.284. The van der Waals surface area contributed by atoms with Gasteiger partial charge in [0.2, 0.25) is 0 Å². The predicted octanol–water partition coefficient (Wildman–Crippen LogP) is -3.53. The zero-order valence-corrected chi connectivity index (χ0v) is 5.35. The maximum atomic E-state index is 7.33. The largest absolute Gasteiger partial charge is 0.668 e. The van der Waals surface area contributed by atoms with Gasteiger partial charge in [-0.05, 0) is 0 Å². The second-order valence-corrected chi connectivity index (χ2v) is 1.80. The molecular formula is H6MgO4SiTi. The molecule has 4 N–H and O–H groups in total. The predicted molar refractivity (Wildman–Crippen MR) is 23.2 cm³/mol. The summed E-state index contributed by atoms with van der Waals surface area (Å²) in [6, 6.07) is 0. The molecule has 0 spiro atoms. The molecule has 0 fully saturated rings. The van der Waals surface area contributed by atoms with E-state index in [0.29, 0.717) is 0 Å². The van der Waals surface area contributed by atoms with E-state index in [2.05, 4.69) is 0 Å². The molecular weight excluding hydrogens is 164 g/mol. The summed E-state index contributed by atoms with van der Waals surface area (Å²) in [5.74, 6) is 0. The molecule has 0 aliphatic rings. The van der Waals surface area contributed by atoms with Gasteiger partial charge in [-0.2, -0.15) is 0 Å². The van der Waals surface area contributed by atoms with Crippen molar-refractivity contribution in [3.8, 4) is 0 Å². The number of rotatable bonds is 0. The summed E-state index contributed by atoms with van der Waals surface area (Å²) in [6.45, 7) is 0. The summed E-state index contributed by atoms with van der Waals surface area (Å²) in [5.41, 5.74) is 0. The van der Waals surface area contributed by atoms with Gasteiger partial charge in [0.05, 0.1) is 0 Å². The Balaban J connectivity index is -0.0000000800. The smallest absolute Gasteiger partial charge is 0.368 e. The molecule has 0 saturated heterocycles. The number of hydrogen-bond acceptors (Lipinski definition) is 4. The van der Waals surface area contributed by atoms with Crippen LogP contribution in [-0.4, -0.2) is 51.3 Å². The van der Waals surface area contributed by atoms with Gasteiger partial charge >= 0.3 is 32.1 Å². The Labute approximate surface area is 72.7 Å². The van der Waals surface area contributed by atoms with E-state index < -0.39 is 9.05 Å². The molecule has 0 aromatic heterocycles. The van der Waals surface area contributed by atoms with Gasteiger partial charge in [0.25, 0.3) is 0 Å². The first-order valence-electron chi connectivity index (χ1n) is 0.894. The van der Waals surface area contributed by atoms with Crippen molar-refractivity contribution in [1.82, 2.24) is 0 Å². The van der Waals surface area contributed by atoms with Crippen LogP contribution in [0.4, 0.5) is 0 Å². The van der Waals surface area contributed by atoms with Crippen LogP contribution in [-0.2, 0) is 21.7 Å². The van der Waals surface area contributed by atoms with Crippen molar-refractivity contribution in [3.63, 3.8) is 0 Å². The Morgan fingerprint density at radius 1 is 0.857 bits per heavy atom. The fourth-order valence-electron chi connectivity index (χ4n) is 0. The third kappa shape index (κ3) is 97.8. The van der Waals surface area contributed by atoms with Crippen LogP contribution in [0.15, 0.2) is 0 Å². The SMILES string of the molecule is O[Si](O)(O)O.[MgH2].[Ti]. The van der Waals surface area contributed by atoms with Crippen LogP contribution < -0.4 is 0 Å². The van der Waals surface area contributed by atoms with Crippen LogP contribution in [0.1, 0.15) is 0 Å². The maximum absolute atomic E-state index is 7.33. The van der Waals surface area contributed by atoms with Crippen molar-refractivity contribution in [1.29, 1.82) is 0 Å². The van der Waals surface area contributed by atoms with E-state index in [9.17, 15) is 0 Å². The van der Waals surface area contributed by atoms with Crippen molar-refractivity contribution in [2.24, 2.45) is 0 Å². The zero-order valence-electron chi connectivity index (χ0n) is 2.79. The van der Waals surface area contributed by atoms with E-state index in [-0.39, 0.29) is 44.8 Å². The summed E-state index contributed by atoms with van der Waals surface area (Å²) >= 11 is 0. The number of hydrogen-bond donors (Lipinski definition) is 4. The average Bonchev–Trinajstić information content (AvgIpc) is 0.722. The van der Waals surface area contributed by atoms with E-state index in [1.54, 1.807) is 0 Å². The van der Waals surface area contributed by atoms with Crippen LogP contribution >= 0.6 is 0 Å². The Morgan fingerprint density at radius 2 is 0.857 bits per heavy atom. The van der Waals surface area contributed by atoms with Crippen molar-refractivity contribution in [2.45, 2.75) is 0 Å². The molecule has 7 heteroatoms. The van der Waals surface area contributed by atoms with Crippen LogP contribution in [0.5, 0.6) is 0 Å². The first-order valence-corrected chi connectivity index (χ1v) is 2.68. The minimum atomic E-state index is -4.61. The van der Waals surface area contributed by atoms with Gasteiger partial charge in [-0.25, -0.2) is 0 Å². The minimum absolute atomic E-state index is 0. The molecule has 0 saturated carbocycles. The third-order valence-electron chi connectivity index (χ3n) is 0. The minimum Gasteiger partial charge on any atom is -0.368 e. The monoisotopic (exact) mass is 170 g/mol. The zero-order chi connectivity index (χ0) is 4.50. The topological polar surface area (TPSA) is 80.9 Å². The molecule has 0 amide bonds. The molecule has 0 atom stereocenters. The Kier molecular flexibility index (Phi) is 12.8. The van der Waals surface area contributed by atoms with Gasteiger partial charge in [0.1, 0.15) is 0 Å². The van der Waals surface area contributed by atoms with Gasteiger partial charge in [-0.1, -0.05) is 0 Å². The summed E-state index contributed by atoms with van der Waals surface area (Å²) in [6.07, 6.45) is 0. The van der Waals surface area contributed by atoms with Crippen molar-refractivity contribution in [2.75, 3.05) is 0 Å². The van der Waals surface area contributed by atoms with Gasteiger partial charge < -0.3 is 19.2 Å². The summed E-state index contributed by atoms with van der Waals surface area (Å²) in [5, 5.41) is 0. The molecule has 0 aliphatic heterocycles. The van der Waals surface area contributed by atoms with Crippen LogP contribution in [0, 0.1) is 0 Å². The van der Waals surface area contributed by atoms with E-state index in [4.69, 9.17) is 19.2 Å². The van der Waals surface area contributed by atoms with Crippen LogP contribution in [0.3, 0.4) is 0 Å². The van der Waals surface area contributed by atoms with Crippen molar-refractivity contribution in [3.05, 3.63) is 0 Å². The van der Waals surface area contributed by atoms with Crippen molar-refractivity contribution < 1.29 is 40.9 Å². The molecule has 0 radical (unpaired) electrons. The van der Waals surface area contributed by atoms with Gasteiger partial charge in [-0.15, -0.1) is 0 Å². The summed E-state index contributed by atoms with van der Waals surface area (Å²) in [4.78, 5) is 29.3. The Hall–Kier alpha value is 1.54. The second kappa shape index (κ2) is 5.67. The first kappa shape index (κ1) is 15.8. The second-order valence-electron chi connectivity index (χ2n) is 0.600. The summed E-state index contributed by atoms with van der Waals surface area (Å²) < 4.78 is 0. The van der Waals surface area contributed by atoms with E-state index in [1.807, 2.05) is 0 Å². The van der Waals surface area contributed by atoms with E-state index >= 15 is 0 Å². The standard InChI is InChI=1S/Mg.H4O4Si.Ti.2H/c;1-5(2,3)4;;;/h;1-4H;;;. The van der Waals surface area contributed by atoms with Gasteiger partial charge in [0, 0.05) is 21.7 Å². The van der Waals surface area contributed by atoms with Crippen molar-refractivity contribution >= 4 is 32.1 Å².